The molecule has 192 valence electrons. The van der Waals surface area contributed by atoms with E-state index in [2.05, 4.69) is 35.8 Å². The largest absolute Gasteiger partial charge is 0.480 e. The van der Waals surface area contributed by atoms with Crippen LogP contribution in [0.1, 0.15) is 62.4 Å². The highest BCUT2D eigenvalue weighted by molar-refractivity contribution is 9.10. The van der Waals surface area contributed by atoms with Crippen molar-refractivity contribution in [3.8, 4) is 5.69 Å². The summed E-state index contributed by atoms with van der Waals surface area (Å²) in [5.41, 5.74) is 3.67. The van der Waals surface area contributed by atoms with Crippen LogP contribution in [-0.4, -0.2) is 54.5 Å². The molecule has 1 saturated heterocycles. The quantitative estimate of drug-likeness (QED) is 0.425. The number of fused-ring (bicyclic) bond motifs is 1. The Kier molecular flexibility index (Phi) is 6.44. The predicted molar refractivity (Wildman–Crippen MR) is 145 cm³/mol. The number of carboxylic acids is 1. The lowest BCUT2D eigenvalue weighted by atomic mass is 9.58. The Morgan fingerprint density at radius 2 is 1.97 bits per heavy atom. The van der Waals surface area contributed by atoms with Crippen molar-refractivity contribution in [2.24, 2.45) is 10.4 Å². The summed E-state index contributed by atoms with van der Waals surface area (Å²) in [5, 5.41) is 13.5. The van der Waals surface area contributed by atoms with Gasteiger partial charge in [-0.1, -0.05) is 47.3 Å². The van der Waals surface area contributed by atoms with Gasteiger partial charge < -0.3 is 10.4 Å². The molecule has 0 radical (unpaired) electrons. The van der Waals surface area contributed by atoms with Crippen LogP contribution >= 0.6 is 15.9 Å². The van der Waals surface area contributed by atoms with Gasteiger partial charge in [0.2, 0.25) is 0 Å². The van der Waals surface area contributed by atoms with Crippen LogP contribution < -0.4 is 5.32 Å². The minimum atomic E-state index is -0.971. The summed E-state index contributed by atoms with van der Waals surface area (Å²) in [4.78, 5) is 38.6. The molecule has 2 saturated carbocycles. The van der Waals surface area contributed by atoms with Crippen molar-refractivity contribution in [3.63, 3.8) is 0 Å². The number of rotatable bonds is 6. The monoisotopic (exact) mass is 563 g/mol. The Hall–Kier alpha value is -2.91. The van der Waals surface area contributed by atoms with Gasteiger partial charge in [0.05, 0.1) is 11.5 Å². The molecule has 1 unspecified atom stereocenters. The van der Waals surface area contributed by atoms with Crippen molar-refractivity contribution < 1.29 is 14.7 Å². The third-order valence-electron chi connectivity index (χ3n) is 8.16. The zero-order valence-electron chi connectivity index (χ0n) is 20.6. The SMILES string of the molecule is O=C(O)[C@H](Cc1ccc(-n2c([C@@H]3CCCN3)nc3cccnc32)cc1)N=C1C(Br)C(=O)C12CCCCC2. The fraction of sp³-hybridized carbons (Fsp3) is 0.464. The van der Waals surface area contributed by atoms with Crippen LogP contribution in [0.25, 0.3) is 16.9 Å². The Labute approximate surface area is 223 Å². The molecule has 1 aromatic carbocycles. The average molecular weight is 564 g/mol. The van der Waals surface area contributed by atoms with Gasteiger partial charge in [-0.3, -0.25) is 14.4 Å². The summed E-state index contributed by atoms with van der Waals surface area (Å²) in [6, 6.07) is 11.0. The van der Waals surface area contributed by atoms with Crippen molar-refractivity contribution >= 4 is 44.6 Å². The van der Waals surface area contributed by atoms with E-state index in [1.54, 1.807) is 6.20 Å². The summed E-state index contributed by atoms with van der Waals surface area (Å²) in [5.74, 6) is 0.138. The van der Waals surface area contributed by atoms with Gasteiger partial charge in [-0.05, 0) is 62.1 Å². The number of aliphatic carboxylic acids is 1. The number of nitrogens with one attached hydrogen (secondary N) is 1. The number of aromatic nitrogens is 3. The number of ketones is 1. The molecule has 3 aliphatic rings. The zero-order chi connectivity index (χ0) is 25.6. The Bertz CT molecular complexity index is 1370. The van der Waals surface area contributed by atoms with Crippen molar-refractivity contribution in [2.75, 3.05) is 6.54 Å². The predicted octanol–water partition coefficient (Wildman–Crippen LogP) is 4.58. The van der Waals surface area contributed by atoms with Gasteiger partial charge in [0.15, 0.2) is 17.5 Å². The van der Waals surface area contributed by atoms with Crippen molar-refractivity contribution in [1.82, 2.24) is 19.9 Å². The maximum absolute atomic E-state index is 12.7. The van der Waals surface area contributed by atoms with E-state index in [4.69, 9.17) is 4.98 Å². The van der Waals surface area contributed by atoms with Gasteiger partial charge in [0, 0.05) is 24.0 Å². The van der Waals surface area contributed by atoms with Crippen LogP contribution in [0, 0.1) is 5.41 Å². The molecule has 0 amide bonds. The van der Waals surface area contributed by atoms with Crippen molar-refractivity contribution in [1.29, 1.82) is 0 Å². The van der Waals surface area contributed by atoms with Crippen LogP contribution in [-0.2, 0) is 16.0 Å². The number of aliphatic imine (C=N–C) groups is 1. The highest BCUT2D eigenvalue weighted by Gasteiger charge is 2.58. The number of pyridine rings is 1. The molecule has 6 rings (SSSR count). The summed E-state index contributed by atoms with van der Waals surface area (Å²) in [6.07, 6.45) is 8.82. The number of Topliss-reactive ketones (excluding diaryl/α,β-unsaturated/α-hetero) is 1. The molecule has 2 aromatic heterocycles. The highest BCUT2D eigenvalue weighted by Crippen LogP contribution is 2.49. The van der Waals surface area contributed by atoms with Crippen LogP contribution in [0.4, 0.5) is 0 Å². The Morgan fingerprint density at radius 3 is 2.68 bits per heavy atom. The van der Waals surface area contributed by atoms with E-state index in [9.17, 15) is 14.7 Å². The number of benzene rings is 1. The van der Waals surface area contributed by atoms with Crippen molar-refractivity contribution in [2.45, 2.75) is 68.3 Å². The first kappa shape index (κ1) is 24.4. The standard InChI is InChI=1S/C28H30BrN5O3/c29-22-23(28(24(22)35)12-2-1-3-13-28)32-21(27(36)37)16-17-8-10-18(11-9-17)34-25-20(7-5-15-31-25)33-26(34)19-6-4-14-30-19/h5,7-11,15,19,21-22,30H,1-4,6,12-14,16H2,(H,36,37)/t19-,21-,22?/m0/s1. The minimum absolute atomic E-state index is 0.160. The number of imidazole rings is 1. The van der Waals surface area contributed by atoms with Crippen LogP contribution in [0.5, 0.6) is 0 Å². The molecule has 8 nitrogen and oxygen atoms in total. The highest BCUT2D eigenvalue weighted by atomic mass is 79.9. The molecule has 3 atom stereocenters. The molecule has 9 heteroatoms. The van der Waals surface area contributed by atoms with E-state index in [1.807, 2.05) is 36.4 Å². The number of nitrogens with zero attached hydrogens (tertiary/aromatic N) is 4. The number of alkyl halides is 1. The third-order valence-corrected chi connectivity index (χ3v) is 9.01. The lowest BCUT2D eigenvalue weighted by Gasteiger charge is -2.47. The first-order valence-electron chi connectivity index (χ1n) is 13.1. The van der Waals surface area contributed by atoms with E-state index >= 15 is 0 Å². The molecule has 3 heterocycles. The van der Waals surface area contributed by atoms with E-state index in [1.165, 1.54) is 0 Å². The number of carbonyl (C=O) groups excluding carboxylic acids is 1. The molecule has 2 N–H and O–H groups in total. The normalized spacial score (nSPS) is 25.0. The first-order chi connectivity index (χ1) is 18.0. The van der Waals surface area contributed by atoms with E-state index < -0.39 is 22.3 Å². The maximum atomic E-state index is 12.7. The molecule has 1 spiro atoms. The number of hydrogen-bond acceptors (Lipinski definition) is 6. The number of carboxylic acid groups (broad SMARTS) is 1. The van der Waals surface area contributed by atoms with E-state index in [0.29, 0.717) is 0 Å². The second kappa shape index (κ2) is 9.76. The zero-order valence-corrected chi connectivity index (χ0v) is 22.2. The molecule has 3 fully saturated rings. The van der Waals surface area contributed by atoms with Gasteiger partial charge in [-0.15, -0.1) is 0 Å². The number of halogens is 1. The maximum Gasteiger partial charge on any atom is 0.328 e. The molecule has 2 aliphatic carbocycles. The number of carbonyl (C=O) groups is 2. The molecular formula is C28H30BrN5O3. The summed E-state index contributed by atoms with van der Waals surface area (Å²) >= 11 is 3.46. The minimum Gasteiger partial charge on any atom is -0.480 e. The van der Waals surface area contributed by atoms with Crippen LogP contribution in [0.3, 0.4) is 0 Å². The Morgan fingerprint density at radius 1 is 1.19 bits per heavy atom. The second-order valence-electron chi connectivity index (χ2n) is 10.4. The Balaban J connectivity index is 1.28. The molecular weight excluding hydrogens is 534 g/mol. The van der Waals surface area contributed by atoms with Crippen LogP contribution in [0.15, 0.2) is 47.6 Å². The molecule has 1 aliphatic heterocycles. The molecule has 0 bridgehead atoms. The van der Waals surface area contributed by atoms with Gasteiger partial charge >= 0.3 is 5.97 Å². The fourth-order valence-corrected chi connectivity index (χ4v) is 7.18. The molecule has 3 aromatic rings. The van der Waals surface area contributed by atoms with Gasteiger partial charge in [0.25, 0.3) is 0 Å². The number of hydrogen-bond donors (Lipinski definition) is 2. The fourth-order valence-electron chi connectivity index (χ4n) is 6.19. The van der Waals surface area contributed by atoms with E-state index in [-0.39, 0.29) is 18.2 Å². The molecule has 37 heavy (non-hydrogen) atoms. The third kappa shape index (κ3) is 4.22. The van der Waals surface area contributed by atoms with Gasteiger partial charge in [0.1, 0.15) is 16.2 Å². The first-order valence-corrected chi connectivity index (χ1v) is 14.0. The summed E-state index contributed by atoms with van der Waals surface area (Å²) in [7, 11) is 0. The van der Waals surface area contributed by atoms with Crippen LogP contribution in [0.2, 0.25) is 0 Å². The van der Waals surface area contributed by atoms with E-state index in [0.717, 1.165) is 85.4 Å². The second-order valence-corrected chi connectivity index (χ2v) is 11.3. The summed E-state index contributed by atoms with van der Waals surface area (Å²) in [6.45, 7) is 0.974. The lowest BCUT2D eigenvalue weighted by molar-refractivity contribution is -0.138. The average Bonchev–Trinajstić information content (AvgIpc) is 3.59. The smallest absolute Gasteiger partial charge is 0.328 e. The lowest BCUT2D eigenvalue weighted by Crippen LogP contribution is -2.61. The van der Waals surface area contributed by atoms with Crippen molar-refractivity contribution in [3.05, 3.63) is 54.0 Å². The van der Waals surface area contributed by atoms with Gasteiger partial charge in [-0.25, -0.2) is 14.8 Å². The topological polar surface area (TPSA) is 109 Å². The summed E-state index contributed by atoms with van der Waals surface area (Å²) < 4.78 is 2.10. The van der Waals surface area contributed by atoms with Gasteiger partial charge in [-0.2, -0.15) is 0 Å².